The van der Waals surface area contributed by atoms with Gasteiger partial charge in [0.2, 0.25) is 0 Å². The number of anilines is 1. The van der Waals surface area contributed by atoms with Gasteiger partial charge >= 0.3 is 0 Å². The van der Waals surface area contributed by atoms with Gasteiger partial charge in [-0.15, -0.1) is 0 Å². The summed E-state index contributed by atoms with van der Waals surface area (Å²) in [5.74, 6) is 1.06. The maximum absolute atomic E-state index is 12.2. The van der Waals surface area contributed by atoms with Gasteiger partial charge in [0.15, 0.2) is 6.61 Å². The second-order valence-corrected chi connectivity index (χ2v) is 6.28. The van der Waals surface area contributed by atoms with Gasteiger partial charge in [-0.25, -0.2) is 0 Å². The maximum Gasteiger partial charge on any atom is 0.262 e. The predicted molar refractivity (Wildman–Crippen MR) is 95.3 cm³/mol. The van der Waals surface area contributed by atoms with Crippen molar-refractivity contribution >= 4 is 11.6 Å². The fourth-order valence-electron chi connectivity index (χ4n) is 2.46. The number of benzene rings is 2. The van der Waals surface area contributed by atoms with Crippen molar-refractivity contribution in [3.63, 3.8) is 0 Å². The monoisotopic (exact) mass is 311 g/mol. The third-order valence-corrected chi connectivity index (χ3v) is 3.98. The Morgan fingerprint density at radius 3 is 2.30 bits per heavy atom. The highest BCUT2D eigenvalue weighted by molar-refractivity contribution is 5.93. The first-order valence-corrected chi connectivity index (χ1v) is 7.98. The molecule has 0 aliphatic rings. The van der Waals surface area contributed by atoms with Crippen molar-refractivity contribution in [2.45, 2.75) is 40.5 Å². The van der Waals surface area contributed by atoms with Gasteiger partial charge in [0.05, 0.1) is 0 Å². The van der Waals surface area contributed by atoms with E-state index in [0.717, 1.165) is 28.1 Å². The van der Waals surface area contributed by atoms with E-state index in [1.807, 2.05) is 51.1 Å². The first-order chi connectivity index (χ1) is 10.9. The predicted octanol–water partition coefficient (Wildman–Crippen LogP) is 4.75. The average molecular weight is 311 g/mol. The Morgan fingerprint density at radius 1 is 1.04 bits per heavy atom. The number of amides is 1. The first-order valence-electron chi connectivity index (χ1n) is 7.98. The van der Waals surface area contributed by atoms with Gasteiger partial charge in [0.1, 0.15) is 5.75 Å². The van der Waals surface area contributed by atoms with E-state index in [2.05, 4.69) is 25.2 Å². The largest absolute Gasteiger partial charge is 0.483 e. The molecule has 3 heteroatoms. The summed E-state index contributed by atoms with van der Waals surface area (Å²) in [5, 5.41) is 2.94. The zero-order valence-electron chi connectivity index (χ0n) is 14.6. The molecule has 0 saturated carbocycles. The summed E-state index contributed by atoms with van der Waals surface area (Å²) in [4.78, 5) is 12.2. The lowest BCUT2D eigenvalue weighted by atomic mass is 10.0. The summed E-state index contributed by atoms with van der Waals surface area (Å²) < 4.78 is 5.73. The molecule has 23 heavy (non-hydrogen) atoms. The van der Waals surface area contributed by atoms with Gasteiger partial charge in [-0.2, -0.15) is 0 Å². The molecule has 3 nitrogen and oxygen atoms in total. The lowest BCUT2D eigenvalue weighted by Crippen LogP contribution is -2.21. The van der Waals surface area contributed by atoms with Crippen LogP contribution in [-0.4, -0.2) is 12.5 Å². The smallest absolute Gasteiger partial charge is 0.262 e. The van der Waals surface area contributed by atoms with E-state index in [4.69, 9.17) is 4.74 Å². The molecule has 1 amide bonds. The molecule has 2 aromatic rings. The van der Waals surface area contributed by atoms with Gasteiger partial charge in [-0.1, -0.05) is 44.2 Å². The number of carbonyl (C=O) groups is 1. The van der Waals surface area contributed by atoms with Crippen LogP contribution in [0.1, 0.15) is 42.0 Å². The second-order valence-electron chi connectivity index (χ2n) is 6.28. The molecule has 0 atom stereocenters. The third kappa shape index (κ3) is 4.35. The molecule has 2 aromatic carbocycles. The van der Waals surface area contributed by atoms with Gasteiger partial charge in [0.25, 0.3) is 5.91 Å². The van der Waals surface area contributed by atoms with Gasteiger partial charge in [0, 0.05) is 5.69 Å². The van der Waals surface area contributed by atoms with Crippen LogP contribution in [0, 0.1) is 20.8 Å². The van der Waals surface area contributed by atoms with E-state index < -0.39 is 0 Å². The van der Waals surface area contributed by atoms with E-state index in [0.29, 0.717) is 5.92 Å². The lowest BCUT2D eigenvalue weighted by molar-refractivity contribution is -0.118. The molecule has 122 valence electrons. The van der Waals surface area contributed by atoms with Gasteiger partial charge < -0.3 is 10.1 Å². The van der Waals surface area contributed by atoms with Crippen LogP contribution in [0.15, 0.2) is 36.4 Å². The van der Waals surface area contributed by atoms with Gasteiger partial charge in [-0.3, -0.25) is 4.79 Å². The maximum atomic E-state index is 12.2. The third-order valence-electron chi connectivity index (χ3n) is 3.98. The van der Waals surface area contributed by atoms with Crippen molar-refractivity contribution in [2.75, 3.05) is 11.9 Å². The van der Waals surface area contributed by atoms with Crippen LogP contribution in [0.2, 0.25) is 0 Å². The quantitative estimate of drug-likeness (QED) is 0.865. The summed E-state index contributed by atoms with van der Waals surface area (Å²) in [6, 6.07) is 12.1. The zero-order chi connectivity index (χ0) is 17.0. The zero-order valence-corrected chi connectivity index (χ0v) is 14.6. The van der Waals surface area contributed by atoms with Crippen LogP contribution in [0.5, 0.6) is 5.75 Å². The molecule has 0 spiro atoms. The highest BCUT2D eigenvalue weighted by atomic mass is 16.5. The average Bonchev–Trinajstić information content (AvgIpc) is 2.50. The molecule has 0 saturated heterocycles. The van der Waals surface area contributed by atoms with Crippen molar-refractivity contribution < 1.29 is 9.53 Å². The summed E-state index contributed by atoms with van der Waals surface area (Å²) in [6.07, 6.45) is 0. The SMILES string of the molecule is Cc1ccc(C(C)C)cc1OCC(=O)Nc1c(C)cccc1C. The van der Waals surface area contributed by atoms with Crippen molar-refractivity contribution in [1.29, 1.82) is 0 Å². The topological polar surface area (TPSA) is 38.3 Å². The highest BCUT2D eigenvalue weighted by Crippen LogP contribution is 2.24. The molecule has 1 N–H and O–H groups in total. The van der Waals surface area contributed by atoms with Crippen molar-refractivity contribution in [3.05, 3.63) is 58.7 Å². The molecule has 0 unspecified atom stereocenters. The molecule has 0 bridgehead atoms. The van der Waals surface area contributed by atoms with Crippen molar-refractivity contribution in [1.82, 2.24) is 0 Å². The number of rotatable bonds is 5. The first kappa shape index (κ1) is 17.1. The van der Waals surface area contributed by atoms with Crippen LogP contribution in [-0.2, 0) is 4.79 Å². The molecule has 0 aliphatic heterocycles. The number of aryl methyl sites for hydroxylation is 3. The van der Waals surface area contributed by atoms with E-state index in [-0.39, 0.29) is 12.5 Å². The van der Waals surface area contributed by atoms with E-state index in [9.17, 15) is 4.79 Å². The minimum absolute atomic E-state index is 0.0101. The Morgan fingerprint density at radius 2 is 1.70 bits per heavy atom. The Balaban J connectivity index is 2.04. The molecule has 0 aliphatic carbocycles. The van der Waals surface area contributed by atoms with Crippen LogP contribution in [0.25, 0.3) is 0 Å². The molecular formula is C20H25NO2. The minimum atomic E-state index is -0.142. The normalized spacial score (nSPS) is 10.7. The number of para-hydroxylation sites is 1. The summed E-state index contributed by atoms with van der Waals surface area (Å²) >= 11 is 0. The van der Waals surface area contributed by atoms with Crippen molar-refractivity contribution in [2.24, 2.45) is 0 Å². The van der Waals surface area contributed by atoms with Crippen LogP contribution in [0.4, 0.5) is 5.69 Å². The Hall–Kier alpha value is -2.29. The Labute approximate surface area is 138 Å². The molecule has 0 radical (unpaired) electrons. The lowest BCUT2D eigenvalue weighted by Gasteiger charge is -2.14. The number of hydrogen-bond acceptors (Lipinski definition) is 2. The number of ether oxygens (including phenoxy) is 1. The van der Waals surface area contributed by atoms with Crippen molar-refractivity contribution in [3.8, 4) is 5.75 Å². The number of nitrogens with one attached hydrogen (secondary N) is 1. The number of carbonyl (C=O) groups excluding carboxylic acids is 1. The standard InChI is InChI=1S/C20H25NO2/c1-13(2)17-10-9-14(3)18(11-17)23-12-19(22)21-20-15(4)7-6-8-16(20)5/h6-11,13H,12H2,1-5H3,(H,21,22). The van der Waals surface area contributed by atoms with Crippen LogP contribution >= 0.6 is 0 Å². The molecule has 0 heterocycles. The van der Waals surface area contributed by atoms with Gasteiger partial charge in [-0.05, 0) is 55.0 Å². The fourth-order valence-corrected chi connectivity index (χ4v) is 2.46. The Kier molecular flexibility index (Phi) is 5.43. The fraction of sp³-hybridized carbons (Fsp3) is 0.350. The van der Waals surface area contributed by atoms with E-state index in [1.165, 1.54) is 5.56 Å². The summed E-state index contributed by atoms with van der Waals surface area (Å²) in [7, 11) is 0. The molecular weight excluding hydrogens is 286 g/mol. The molecule has 0 fully saturated rings. The highest BCUT2D eigenvalue weighted by Gasteiger charge is 2.10. The van der Waals surface area contributed by atoms with Crippen LogP contribution in [0.3, 0.4) is 0 Å². The van der Waals surface area contributed by atoms with E-state index >= 15 is 0 Å². The second kappa shape index (κ2) is 7.32. The summed E-state index contributed by atoms with van der Waals surface area (Å²) in [5.41, 5.74) is 5.22. The molecule has 0 aromatic heterocycles. The minimum Gasteiger partial charge on any atom is -0.483 e. The van der Waals surface area contributed by atoms with Crippen LogP contribution < -0.4 is 10.1 Å². The summed E-state index contributed by atoms with van der Waals surface area (Å²) in [6.45, 7) is 10.3. The Bertz CT molecular complexity index is 685. The van der Waals surface area contributed by atoms with E-state index in [1.54, 1.807) is 0 Å². The number of hydrogen-bond donors (Lipinski definition) is 1. The molecule has 2 rings (SSSR count).